The van der Waals surface area contributed by atoms with Gasteiger partial charge in [-0.2, -0.15) is 0 Å². The lowest BCUT2D eigenvalue weighted by atomic mass is 9.88. The van der Waals surface area contributed by atoms with Crippen molar-refractivity contribution in [1.82, 2.24) is 10.2 Å². The summed E-state index contributed by atoms with van der Waals surface area (Å²) >= 11 is 0. The van der Waals surface area contributed by atoms with Crippen molar-refractivity contribution in [2.45, 2.75) is 13.0 Å². The largest absolute Gasteiger partial charge is 0.316 e. The van der Waals surface area contributed by atoms with Crippen molar-refractivity contribution in [1.29, 1.82) is 0 Å². The number of hydrogen-bond acceptors (Lipinski definition) is 2. The fraction of sp³-hybridized carbons (Fsp3) is 0.571. The van der Waals surface area contributed by atoms with Crippen molar-refractivity contribution in [2.75, 3.05) is 26.2 Å². The van der Waals surface area contributed by atoms with Gasteiger partial charge in [-0.25, -0.2) is 8.78 Å². The van der Waals surface area contributed by atoms with Crippen LogP contribution in [0.3, 0.4) is 0 Å². The van der Waals surface area contributed by atoms with Gasteiger partial charge in [-0.3, -0.25) is 4.90 Å². The lowest BCUT2D eigenvalue weighted by molar-refractivity contribution is 0.141. The SMILES string of the molecule is Fc1ccc(CN2CCC3CNCC3C2)c(F)c1. The summed E-state index contributed by atoms with van der Waals surface area (Å²) in [6, 6.07) is 3.87. The Morgan fingerprint density at radius 2 is 2.06 bits per heavy atom. The zero-order valence-corrected chi connectivity index (χ0v) is 10.3. The van der Waals surface area contributed by atoms with Crippen LogP contribution in [0.2, 0.25) is 0 Å². The Kier molecular flexibility index (Phi) is 3.31. The van der Waals surface area contributed by atoms with Crippen LogP contribution < -0.4 is 5.32 Å². The Morgan fingerprint density at radius 1 is 1.22 bits per heavy atom. The van der Waals surface area contributed by atoms with E-state index in [4.69, 9.17) is 0 Å². The normalized spacial score (nSPS) is 28.3. The molecule has 1 aromatic carbocycles. The van der Waals surface area contributed by atoms with Crippen LogP contribution in [0.25, 0.3) is 0 Å². The minimum absolute atomic E-state index is 0.429. The summed E-state index contributed by atoms with van der Waals surface area (Å²) in [5, 5.41) is 3.42. The predicted octanol–water partition coefficient (Wildman–Crippen LogP) is 2.01. The molecule has 1 N–H and O–H groups in total. The van der Waals surface area contributed by atoms with E-state index < -0.39 is 11.6 Å². The second kappa shape index (κ2) is 4.94. The molecule has 2 saturated heterocycles. The maximum absolute atomic E-state index is 13.6. The number of rotatable bonds is 2. The molecule has 0 amide bonds. The molecule has 4 heteroatoms. The van der Waals surface area contributed by atoms with Crippen molar-refractivity contribution >= 4 is 0 Å². The molecule has 3 rings (SSSR count). The highest BCUT2D eigenvalue weighted by molar-refractivity contribution is 5.18. The molecule has 2 unspecified atom stereocenters. The van der Waals surface area contributed by atoms with Gasteiger partial charge in [0.25, 0.3) is 0 Å². The maximum atomic E-state index is 13.6. The van der Waals surface area contributed by atoms with E-state index in [1.54, 1.807) is 6.07 Å². The fourth-order valence-electron chi connectivity index (χ4n) is 3.14. The molecule has 2 fully saturated rings. The number of nitrogens with one attached hydrogen (secondary N) is 1. The fourth-order valence-corrected chi connectivity index (χ4v) is 3.14. The topological polar surface area (TPSA) is 15.3 Å². The van der Waals surface area contributed by atoms with Crippen LogP contribution in [0.5, 0.6) is 0 Å². The van der Waals surface area contributed by atoms with E-state index in [0.29, 0.717) is 18.0 Å². The molecule has 98 valence electrons. The second-order valence-corrected chi connectivity index (χ2v) is 5.44. The Balaban J connectivity index is 1.66. The van der Waals surface area contributed by atoms with Gasteiger partial charge in [-0.05, 0) is 44.0 Å². The standard InChI is InChI=1S/C14H18F2N2/c15-13-2-1-11(14(16)5-13)8-18-4-3-10-6-17-7-12(10)9-18/h1-2,5,10,12,17H,3-4,6-9H2. The first-order valence-electron chi connectivity index (χ1n) is 6.59. The first-order valence-corrected chi connectivity index (χ1v) is 6.59. The van der Waals surface area contributed by atoms with Crippen LogP contribution in [0.1, 0.15) is 12.0 Å². The van der Waals surface area contributed by atoms with Crippen LogP contribution in [-0.2, 0) is 6.54 Å². The van der Waals surface area contributed by atoms with E-state index in [1.165, 1.54) is 12.5 Å². The number of hydrogen-bond donors (Lipinski definition) is 1. The highest BCUT2D eigenvalue weighted by Crippen LogP contribution is 2.27. The molecule has 0 aliphatic carbocycles. The summed E-state index contributed by atoms with van der Waals surface area (Å²) in [6.07, 6.45) is 1.18. The number of nitrogens with zero attached hydrogens (tertiary/aromatic N) is 1. The Labute approximate surface area is 106 Å². The number of halogens is 2. The minimum atomic E-state index is -0.505. The van der Waals surface area contributed by atoms with Gasteiger partial charge in [0.2, 0.25) is 0 Å². The monoisotopic (exact) mass is 252 g/mol. The van der Waals surface area contributed by atoms with Gasteiger partial charge < -0.3 is 5.32 Å². The van der Waals surface area contributed by atoms with E-state index in [1.807, 2.05) is 0 Å². The first kappa shape index (κ1) is 12.1. The molecule has 2 aliphatic rings. The maximum Gasteiger partial charge on any atom is 0.130 e. The third-order valence-corrected chi connectivity index (χ3v) is 4.20. The average molecular weight is 252 g/mol. The first-order chi connectivity index (χ1) is 8.72. The third kappa shape index (κ3) is 2.40. The van der Waals surface area contributed by atoms with Gasteiger partial charge in [0.1, 0.15) is 11.6 Å². The van der Waals surface area contributed by atoms with Crippen molar-refractivity contribution in [3.05, 3.63) is 35.4 Å². The highest BCUT2D eigenvalue weighted by Gasteiger charge is 2.32. The van der Waals surface area contributed by atoms with E-state index in [2.05, 4.69) is 10.2 Å². The quantitative estimate of drug-likeness (QED) is 0.866. The molecule has 2 nitrogen and oxygen atoms in total. The van der Waals surface area contributed by atoms with Gasteiger partial charge in [0, 0.05) is 24.7 Å². The molecule has 0 saturated carbocycles. The lowest BCUT2D eigenvalue weighted by Gasteiger charge is -2.34. The van der Waals surface area contributed by atoms with Crippen molar-refractivity contribution in [3.8, 4) is 0 Å². The van der Waals surface area contributed by atoms with Gasteiger partial charge in [-0.15, -0.1) is 0 Å². The summed E-state index contributed by atoms with van der Waals surface area (Å²) < 4.78 is 26.4. The van der Waals surface area contributed by atoms with Gasteiger partial charge in [0.05, 0.1) is 0 Å². The van der Waals surface area contributed by atoms with Crippen LogP contribution in [0.4, 0.5) is 8.78 Å². The summed E-state index contributed by atoms with van der Waals surface area (Å²) in [5.41, 5.74) is 0.598. The van der Waals surface area contributed by atoms with Gasteiger partial charge in [-0.1, -0.05) is 6.07 Å². The second-order valence-electron chi connectivity index (χ2n) is 5.44. The van der Waals surface area contributed by atoms with Crippen LogP contribution in [0, 0.1) is 23.5 Å². The highest BCUT2D eigenvalue weighted by atomic mass is 19.1. The van der Waals surface area contributed by atoms with E-state index in [-0.39, 0.29) is 0 Å². The zero-order valence-electron chi connectivity index (χ0n) is 10.3. The van der Waals surface area contributed by atoms with Crippen LogP contribution >= 0.6 is 0 Å². The van der Waals surface area contributed by atoms with E-state index in [0.717, 1.165) is 38.2 Å². The van der Waals surface area contributed by atoms with Crippen LogP contribution in [-0.4, -0.2) is 31.1 Å². The van der Waals surface area contributed by atoms with Crippen molar-refractivity contribution < 1.29 is 8.78 Å². The molecule has 18 heavy (non-hydrogen) atoms. The van der Waals surface area contributed by atoms with Crippen molar-refractivity contribution in [3.63, 3.8) is 0 Å². The summed E-state index contributed by atoms with van der Waals surface area (Å²) in [5.74, 6) is 0.554. The molecule has 1 aromatic rings. The van der Waals surface area contributed by atoms with Crippen molar-refractivity contribution in [2.24, 2.45) is 11.8 Å². The Hall–Kier alpha value is -1.00. The number of piperidine rings is 1. The van der Waals surface area contributed by atoms with Gasteiger partial charge >= 0.3 is 0 Å². The van der Waals surface area contributed by atoms with Gasteiger partial charge in [0.15, 0.2) is 0 Å². The zero-order chi connectivity index (χ0) is 12.5. The van der Waals surface area contributed by atoms with Crippen LogP contribution in [0.15, 0.2) is 18.2 Å². The summed E-state index contributed by atoms with van der Waals surface area (Å²) in [7, 11) is 0. The Bertz CT molecular complexity index is 436. The lowest BCUT2D eigenvalue weighted by Crippen LogP contribution is -2.39. The molecule has 2 aliphatic heterocycles. The third-order valence-electron chi connectivity index (χ3n) is 4.20. The number of fused-ring (bicyclic) bond motifs is 1. The smallest absolute Gasteiger partial charge is 0.130 e. The summed E-state index contributed by atoms with van der Waals surface area (Å²) in [4.78, 5) is 2.28. The molecular formula is C14H18F2N2. The molecule has 0 radical (unpaired) electrons. The number of likely N-dealkylation sites (tertiary alicyclic amines) is 1. The molecule has 2 heterocycles. The average Bonchev–Trinajstić information content (AvgIpc) is 2.80. The predicted molar refractivity (Wildman–Crippen MR) is 66.1 cm³/mol. The molecule has 0 bridgehead atoms. The minimum Gasteiger partial charge on any atom is -0.316 e. The van der Waals surface area contributed by atoms with E-state index in [9.17, 15) is 8.78 Å². The molecule has 0 spiro atoms. The summed E-state index contributed by atoms with van der Waals surface area (Å²) in [6.45, 7) is 4.83. The molecule has 0 aromatic heterocycles. The molecule has 2 atom stereocenters. The van der Waals surface area contributed by atoms with E-state index >= 15 is 0 Å². The number of benzene rings is 1. The molecular weight excluding hydrogens is 234 g/mol. The Morgan fingerprint density at radius 3 is 2.89 bits per heavy atom.